The first-order valence-corrected chi connectivity index (χ1v) is 4.00. The lowest BCUT2D eigenvalue weighted by atomic mass is 10.2. The van der Waals surface area contributed by atoms with Gasteiger partial charge in [-0.25, -0.2) is 0 Å². The lowest BCUT2D eigenvalue weighted by molar-refractivity contribution is 0.660. The van der Waals surface area contributed by atoms with Gasteiger partial charge in [-0.1, -0.05) is 12.5 Å². The summed E-state index contributed by atoms with van der Waals surface area (Å²) in [6.07, 6.45) is 1.14. The molecule has 0 aromatic heterocycles. The Hall–Kier alpha value is -0.460. The van der Waals surface area contributed by atoms with E-state index in [0.29, 0.717) is 6.04 Å². The minimum absolute atomic E-state index is 0.557. The maximum absolute atomic E-state index is 3.37. The Morgan fingerprint density at radius 2 is 1.80 bits per heavy atom. The number of nitrogens with one attached hydrogen (secondary N) is 1. The number of hydrogen-bond acceptors (Lipinski definition) is 1. The number of hydrogen-bond donors (Lipinski definition) is 1. The van der Waals surface area contributed by atoms with Gasteiger partial charge in [0.05, 0.1) is 0 Å². The molecule has 0 saturated carbocycles. The summed E-state index contributed by atoms with van der Waals surface area (Å²) in [4.78, 5) is 0. The lowest BCUT2D eigenvalue weighted by Gasteiger charge is -2.12. The molecule has 0 saturated heterocycles. The van der Waals surface area contributed by atoms with Gasteiger partial charge in [0, 0.05) is 11.7 Å². The predicted molar refractivity (Wildman–Crippen MR) is 46.9 cm³/mol. The topological polar surface area (TPSA) is 12.0 Å². The average Bonchev–Trinajstić information content (AvgIpc) is 1.85. The Bertz CT molecular complexity index is 123. The second kappa shape index (κ2) is 4.37. The summed E-state index contributed by atoms with van der Waals surface area (Å²) in [5.74, 6) is 0. The molecule has 0 amide bonds. The average molecular weight is 141 g/mol. The van der Waals surface area contributed by atoms with Crippen LogP contribution in [0.25, 0.3) is 0 Å². The molecule has 0 aromatic carbocycles. The van der Waals surface area contributed by atoms with E-state index in [4.69, 9.17) is 0 Å². The first-order chi connectivity index (χ1) is 4.57. The van der Waals surface area contributed by atoms with Crippen LogP contribution in [0.15, 0.2) is 11.3 Å². The van der Waals surface area contributed by atoms with Gasteiger partial charge < -0.3 is 5.32 Å². The van der Waals surface area contributed by atoms with Crippen LogP contribution in [0, 0.1) is 0 Å². The maximum atomic E-state index is 3.37. The van der Waals surface area contributed by atoms with Gasteiger partial charge in [0.2, 0.25) is 0 Å². The third kappa shape index (κ3) is 3.54. The van der Waals surface area contributed by atoms with E-state index in [1.54, 1.807) is 0 Å². The highest BCUT2D eigenvalue weighted by Gasteiger charge is 1.95. The highest BCUT2D eigenvalue weighted by Crippen LogP contribution is 2.04. The molecule has 0 aliphatic rings. The molecule has 0 spiro atoms. The van der Waals surface area contributed by atoms with Crippen molar-refractivity contribution in [2.45, 2.75) is 47.1 Å². The fourth-order valence-corrected chi connectivity index (χ4v) is 0.821. The van der Waals surface area contributed by atoms with Crippen molar-refractivity contribution < 1.29 is 0 Å². The molecule has 0 atom stereocenters. The summed E-state index contributed by atoms with van der Waals surface area (Å²) in [5, 5.41) is 3.37. The SMILES string of the molecule is CC/C(C)=C(/C)NC(C)C. The van der Waals surface area contributed by atoms with Crippen molar-refractivity contribution >= 4 is 0 Å². The van der Waals surface area contributed by atoms with Crippen molar-refractivity contribution in [1.82, 2.24) is 5.32 Å². The van der Waals surface area contributed by atoms with Gasteiger partial charge in [0.25, 0.3) is 0 Å². The Kier molecular flexibility index (Phi) is 4.17. The van der Waals surface area contributed by atoms with Crippen molar-refractivity contribution in [2.24, 2.45) is 0 Å². The molecule has 0 aliphatic heterocycles. The molecular formula is C9H19N. The molecule has 10 heavy (non-hydrogen) atoms. The minimum atomic E-state index is 0.557. The van der Waals surface area contributed by atoms with Gasteiger partial charge in [0.15, 0.2) is 0 Å². The van der Waals surface area contributed by atoms with Crippen LogP contribution >= 0.6 is 0 Å². The van der Waals surface area contributed by atoms with Crippen LogP contribution in [0.2, 0.25) is 0 Å². The molecular weight excluding hydrogens is 122 g/mol. The molecule has 1 heteroatoms. The fourth-order valence-electron chi connectivity index (χ4n) is 0.821. The first kappa shape index (κ1) is 9.54. The normalized spacial score (nSPS) is 13.4. The Morgan fingerprint density at radius 1 is 1.30 bits per heavy atom. The van der Waals surface area contributed by atoms with Crippen molar-refractivity contribution in [3.05, 3.63) is 11.3 Å². The van der Waals surface area contributed by atoms with Crippen LogP contribution in [0.4, 0.5) is 0 Å². The van der Waals surface area contributed by atoms with E-state index in [1.165, 1.54) is 11.3 Å². The molecule has 0 aliphatic carbocycles. The van der Waals surface area contributed by atoms with Crippen LogP contribution in [-0.4, -0.2) is 6.04 Å². The second-order valence-electron chi connectivity index (χ2n) is 3.06. The van der Waals surface area contributed by atoms with Gasteiger partial charge in [0.1, 0.15) is 0 Å². The van der Waals surface area contributed by atoms with Crippen molar-refractivity contribution in [3.8, 4) is 0 Å². The quantitative estimate of drug-likeness (QED) is 0.637. The zero-order chi connectivity index (χ0) is 8.15. The van der Waals surface area contributed by atoms with Crippen LogP contribution in [0.5, 0.6) is 0 Å². The summed E-state index contributed by atoms with van der Waals surface area (Å²) in [5.41, 5.74) is 2.78. The van der Waals surface area contributed by atoms with Gasteiger partial charge in [-0.05, 0) is 34.1 Å². The summed E-state index contributed by atoms with van der Waals surface area (Å²) in [6.45, 7) is 10.8. The molecule has 1 N–H and O–H groups in total. The van der Waals surface area contributed by atoms with E-state index in [2.05, 4.69) is 39.9 Å². The highest BCUT2D eigenvalue weighted by atomic mass is 14.9. The van der Waals surface area contributed by atoms with Gasteiger partial charge in [-0.3, -0.25) is 0 Å². The summed E-state index contributed by atoms with van der Waals surface area (Å²) < 4.78 is 0. The Balaban J connectivity index is 3.92. The third-order valence-electron chi connectivity index (χ3n) is 1.68. The van der Waals surface area contributed by atoms with E-state index in [9.17, 15) is 0 Å². The van der Waals surface area contributed by atoms with Crippen LogP contribution in [0.3, 0.4) is 0 Å². The summed E-state index contributed by atoms with van der Waals surface area (Å²) >= 11 is 0. The Labute approximate surface area is 64.5 Å². The molecule has 0 aromatic rings. The number of allylic oxidation sites excluding steroid dienone is 2. The van der Waals surface area contributed by atoms with Gasteiger partial charge in [-0.15, -0.1) is 0 Å². The van der Waals surface area contributed by atoms with Crippen molar-refractivity contribution in [2.75, 3.05) is 0 Å². The molecule has 1 nitrogen and oxygen atoms in total. The first-order valence-electron chi connectivity index (χ1n) is 4.00. The molecule has 0 rings (SSSR count). The predicted octanol–water partition coefficient (Wildman–Crippen LogP) is 2.69. The molecule has 0 bridgehead atoms. The van der Waals surface area contributed by atoms with E-state index < -0.39 is 0 Å². The van der Waals surface area contributed by atoms with Gasteiger partial charge >= 0.3 is 0 Å². The third-order valence-corrected chi connectivity index (χ3v) is 1.68. The molecule has 0 fully saturated rings. The van der Waals surface area contributed by atoms with Crippen LogP contribution in [-0.2, 0) is 0 Å². The monoisotopic (exact) mass is 141 g/mol. The van der Waals surface area contributed by atoms with E-state index in [1.807, 2.05) is 0 Å². The smallest absolute Gasteiger partial charge is 0.0201 e. The minimum Gasteiger partial charge on any atom is -0.386 e. The van der Waals surface area contributed by atoms with Crippen molar-refractivity contribution in [3.63, 3.8) is 0 Å². The molecule has 0 heterocycles. The number of rotatable bonds is 3. The second-order valence-corrected chi connectivity index (χ2v) is 3.06. The van der Waals surface area contributed by atoms with E-state index in [0.717, 1.165) is 6.42 Å². The van der Waals surface area contributed by atoms with E-state index >= 15 is 0 Å². The van der Waals surface area contributed by atoms with Crippen LogP contribution in [0.1, 0.15) is 41.0 Å². The maximum Gasteiger partial charge on any atom is 0.0201 e. The van der Waals surface area contributed by atoms with Gasteiger partial charge in [-0.2, -0.15) is 0 Å². The molecule has 0 unspecified atom stereocenters. The molecule has 0 radical (unpaired) electrons. The van der Waals surface area contributed by atoms with E-state index in [-0.39, 0.29) is 0 Å². The summed E-state index contributed by atoms with van der Waals surface area (Å²) in [6, 6.07) is 0.557. The Morgan fingerprint density at radius 3 is 2.10 bits per heavy atom. The zero-order valence-electron chi connectivity index (χ0n) is 7.78. The molecule has 60 valence electrons. The standard InChI is InChI=1S/C9H19N/c1-6-8(4)9(5)10-7(2)3/h7,10H,6H2,1-5H3/b9-8-. The highest BCUT2D eigenvalue weighted by molar-refractivity contribution is 5.07. The van der Waals surface area contributed by atoms with Crippen LogP contribution < -0.4 is 5.32 Å². The zero-order valence-corrected chi connectivity index (χ0v) is 7.78. The lowest BCUT2D eigenvalue weighted by Crippen LogP contribution is -2.21. The summed E-state index contributed by atoms with van der Waals surface area (Å²) in [7, 11) is 0. The largest absolute Gasteiger partial charge is 0.386 e. The fraction of sp³-hybridized carbons (Fsp3) is 0.778. The van der Waals surface area contributed by atoms with Crippen molar-refractivity contribution in [1.29, 1.82) is 0 Å².